The smallest absolute Gasteiger partial charge is 0.0568 e. The number of rotatable bonds is 2. The van der Waals surface area contributed by atoms with Gasteiger partial charge in [0.1, 0.15) is 0 Å². The van der Waals surface area contributed by atoms with Crippen LogP contribution < -0.4 is 0 Å². The number of fused-ring (bicyclic) bond motifs is 10. The fourth-order valence-corrected chi connectivity index (χ4v) is 7.37. The molecule has 0 amide bonds. The molecule has 2 nitrogen and oxygen atoms in total. The van der Waals surface area contributed by atoms with Gasteiger partial charge in [-0.2, -0.15) is 0 Å². The first kappa shape index (κ1) is 23.4. The lowest BCUT2D eigenvalue weighted by atomic mass is 9.94. The molecule has 0 fully saturated rings. The fourth-order valence-electron chi connectivity index (χ4n) is 7.37. The first-order chi connectivity index (χ1) is 20.7. The lowest BCUT2D eigenvalue weighted by Gasteiger charge is -2.10. The Balaban J connectivity index is 1.44. The molecule has 0 N–H and O–H groups in total. The molecule has 2 heterocycles. The van der Waals surface area contributed by atoms with Gasteiger partial charge in [-0.3, -0.25) is 0 Å². The highest BCUT2D eigenvalue weighted by Crippen LogP contribution is 2.44. The molecule has 0 aliphatic carbocycles. The molecule has 0 saturated heterocycles. The predicted molar refractivity (Wildman–Crippen MR) is 180 cm³/mol. The van der Waals surface area contributed by atoms with Crippen molar-refractivity contribution < 1.29 is 0 Å². The molecule has 0 aliphatic heterocycles. The van der Waals surface area contributed by atoms with Gasteiger partial charge in [-0.15, -0.1) is 0 Å². The Labute approximate surface area is 243 Å². The van der Waals surface area contributed by atoms with Gasteiger partial charge in [-0.25, -0.2) is 0 Å². The Hall–Kier alpha value is -5.34. The van der Waals surface area contributed by atoms with E-state index in [0.29, 0.717) is 0 Å². The van der Waals surface area contributed by atoms with Crippen LogP contribution >= 0.6 is 0 Å². The van der Waals surface area contributed by atoms with E-state index in [1.165, 1.54) is 87.4 Å². The summed E-state index contributed by atoms with van der Waals surface area (Å²) in [5.74, 6) is 0. The highest BCUT2D eigenvalue weighted by molar-refractivity contribution is 6.27. The maximum Gasteiger partial charge on any atom is 0.0568 e. The van der Waals surface area contributed by atoms with Gasteiger partial charge in [-0.05, 0) is 57.3 Å². The predicted octanol–water partition coefficient (Wildman–Crippen LogP) is 10.6. The summed E-state index contributed by atoms with van der Waals surface area (Å²) >= 11 is 0. The highest BCUT2D eigenvalue weighted by Gasteiger charge is 2.20. The van der Waals surface area contributed by atoms with E-state index < -0.39 is 0 Å². The molecule has 9 aromatic rings. The van der Waals surface area contributed by atoms with Crippen molar-refractivity contribution in [3.8, 4) is 22.3 Å². The van der Waals surface area contributed by atoms with E-state index in [0.717, 1.165) is 0 Å². The molecular formula is C40H28N2. The molecule has 0 saturated carbocycles. The zero-order chi connectivity index (χ0) is 27.9. The molecule has 7 aromatic carbocycles. The van der Waals surface area contributed by atoms with Crippen molar-refractivity contribution in [1.29, 1.82) is 0 Å². The minimum atomic E-state index is 1.25. The number of benzene rings is 7. The Morgan fingerprint density at radius 3 is 1.10 bits per heavy atom. The second kappa shape index (κ2) is 8.58. The molecule has 9 rings (SSSR count). The van der Waals surface area contributed by atoms with Crippen LogP contribution in [0.3, 0.4) is 0 Å². The topological polar surface area (TPSA) is 9.86 Å². The first-order valence-corrected chi connectivity index (χ1v) is 14.6. The van der Waals surface area contributed by atoms with E-state index in [2.05, 4.69) is 157 Å². The van der Waals surface area contributed by atoms with Gasteiger partial charge in [0.15, 0.2) is 0 Å². The number of nitrogens with zero attached hydrogens (tertiary/aromatic N) is 2. The molecule has 198 valence electrons. The first-order valence-electron chi connectivity index (χ1n) is 14.6. The van der Waals surface area contributed by atoms with Gasteiger partial charge < -0.3 is 9.13 Å². The van der Waals surface area contributed by atoms with Crippen LogP contribution in [0.25, 0.3) is 87.4 Å². The van der Waals surface area contributed by atoms with Crippen LogP contribution in [-0.4, -0.2) is 9.13 Å². The van der Waals surface area contributed by atoms with Crippen LogP contribution in [0.4, 0.5) is 0 Å². The fraction of sp³-hybridized carbons (Fsp3) is 0.0500. The SMILES string of the molecule is Cn1c2cc3c4cc(-c5ccccc5)c5ccccc5c4n(C)c3cc2c2cc(-c3ccccc3)c3ccccc3c21. The van der Waals surface area contributed by atoms with Gasteiger partial charge in [0, 0.05) is 57.4 Å². The van der Waals surface area contributed by atoms with Crippen LogP contribution in [0.1, 0.15) is 0 Å². The summed E-state index contributed by atoms with van der Waals surface area (Å²) in [7, 11) is 4.45. The molecule has 0 bridgehead atoms. The largest absolute Gasteiger partial charge is 0.343 e. The zero-order valence-electron chi connectivity index (χ0n) is 23.6. The van der Waals surface area contributed by atoms with Crippen LogP contribution in [0.2, 0.25) is 0 Å². The van der Waals surface area contributed by atoms with Gasteiger partial charge in [0.25, 0.3) is 0 Å². The summed E-state index contributed by atoms with van der Waals surface area (Å²) in [4.78, 5) is 0. The minimum absolute atomic E-state index is 1.25. The van der Waals surface area contributed by atoms with E-state index in [1.807, 2.05) is 0 Å². The Bertz CT molecular complexity index is 2330. The number of hydrogen-bond acceptors (Lipinski definition) is 0. The quantitative estimate of drug-likeness (QED) is 0.208. The number of aryl methyl sites for hydroxylation is 2. The standard InChI is InChI=1S/C40H28N2/c1-41-37-23-34-36-22-32(26-15-7-4-8-16-26)28-18-10-12-20-30(28)40(36)42(2)38(34)24-33(37)35-21-31(25-13-5-3-6-14-25)27-17-9-11-19-29(27)39(35)41/h3-24H,1-2H3. The third-order valence-corrected chi connectivity index (χ3v) is 9.29. The Kier molecular flexibility index (Phi) is 4.77. The molecule has 0 unspecified atom stereocenters. The van der Waals surface area contributed by atoms with Crippen LogP contribution in [0.5, 0.6) is 0 Å². The van der Waals surface area contributed by atoms with Crippen molar-refractivity contribution in [3.05, 3.63) is 133 Å². The average Bonchev–Trinajstić information content (AvgIpc) is 3.50. The Morgan fingerprint density at radius 1 is 0.333 bits per heavy atom. The van der Waals surface area contributed by atoms with E-state index in [-0.39, 0.29) is 0 Å². The molecule has 2 heteroatoms. The molecule has 0 spiro atoms. The van der Waals surface area contributed by atoms with Crippen molar-refractivity contribution in [1.82, 2.24) is 9.13 Å². The molecule has 2 aromatic heterocycles. The van der Waals surface area contributed by atoms with Crippen molar-refractivity contribution >= 4 is 65.2 Å². The van der Waals surface area contributed by atoms with Crippen LogP contribution in [-0.2, 0) is 14.1 Å². The summed E-state index contributed by atoms with van der Waals surface area (Å²) in [6.07, 6.45) is 0. The monoisotopic (exact) mass is 536 g/mol. The second-order valence-electron chi connectivity index (χ2n) is 11.5. The molecule has 0 atom stereocenters. The zero-order valence-corrected chi connectivity index (χ0v) is 23.6. The summed E-state index contributed by atoms with van der Waals surface area (Å²) < 4.78 is 4.80. The minimum Gasteiger partial charge on any atom is -0.343 e. The van der Waals surface area contributed by atoms with Gasteiger partial charge in [-0.1, -0.05) is 109 Å². The van der Waals surface area contributed by atoms with E-state index in [1.54, 1.807) is 0 Å². The molecule has 0 radical (unpaired) electrons. The molecule has 0 aliphatic rings. The molecule has 42 heavy (non-hydrogen) atoms. The lowest BCUT2D eigenvalue weighted by Crippen LogP contribution is -1.90. The van der Waals surface area contributed by atoms with Crippen molar-refractivity contribution in [3.63, 3.8) is 0 Å². The lowest BCUT2D eigenvalue weighted by molar-refractivity contribution is 1.01. The Morgan fingerprint density at radius 2 is 0.690 bits per heavy atom. The maximum absolute atomic E-state index is 2.42. The summed E-state index contributed by atoms with van der Waals surface area (Å²) in [5.41, 5.74) is 10.1. The van der Waals surface area contributed by atoms with Crippen LogP contribution in [0, 0.1) is 0 Å². The normalized spacial score (nSPS) is 12.0. The third kappa shape index (κ3) is 3.09. The van der Waals surface area contributed by atoms with Crippen molar-refractivity contribution in [2.24, 2.45) is 14.1 Å². The van der Waals surface area contributed by atoms with E-state index in [4.69, 9.17) is 0 Å². The van der Waals surface area contributed by atoms with Crippen molar-refractivity contribution in [2.75, 3.05) is 0 Å². The van der Waals surface area contributed by atoms with Crippen molar-refractivity contribution in [2.45, 2.75) is 0 Å². The summed E-state index contributed by atoms with van der Waals surface area (Å²) in [6, 6.07) is 48.9. The van der Waals surface area contributed by atoms with E-state index >= 15 is 0 Å². The number of hydrogen-bond donors (Lipinski definition) is 0. The van der Waals surface area contributed by atoms with Gasteiger partial charge in [0.2, 0.25) is 0 Å². The highest BCUT2D eigenvalue weighted by atomic mass is 15.0. The maximum atomic E-state index is 2.42. The van der Waals surface area contributed by atoms with Gasteiger partial charge >= 0.3 is 0 Å². The number of aromatic nitrogens is 2. The summed E-state index contributed by atoms with van der Waals surface area (Å²) in [6.45, 7) is 0. The summed E-state index contributed by atoms with van der Waals surface area (Å²) in [5, 5.41) is 10.3. The van der Waals surface area contributed by atoms with Crippen LogP contribution in [0.15, 0.2) is 133 Å². The van der Waals surface area contributed by atoms with E-state index in [9.17, 15) is 0 Å². The average molecular weight is 537 g/mol. The second-order valence-corrected chi connectivity index (χ2v) is 11.5. The molecular weight excluding hydrogens is 508 g/mol. The van der Waals surface area contributed by atoms with Gasteiger partial charge in [0.05, 0.1) is 11.0 Å². The third-order valence-electron chi connectivity index (χ3n) is 9.29.